The maximum atomic E-state index is 13.2. The van der Waals surface area contributed by atoms with Gasteiger partial charge < -0.3 is 0 Å². The van der Waals surface area contributed by atoms with Crippen LogP contribution in [0.1, 0.15) is 27.4 Å². The lowest BCUT2D eigenvalue weighted by atomic mass is 9.89. The van der Waals surface area contributed by atoms with Crippen molar-refractivity contribution in [1.29, 1.82) is 0 Å². The number of hydrogen-bond donors (Lipinski definition) is 0. The molecule has 28 heavy (non-hydrogen) atoms. The van der Waals surface area contributed by atoms with Crippen molar-refractivity contribution >= 4 is 35.3 Å². The first kappa shape index (κ1) is 18.1. The number of halogens is 1. The largest absolute Gasteiger partial charge is 0.292 e. The van der Waals surface area contributed by atoms with Crippen molar-refractivity contribution in [2.24, 2.45) is 4.99 Å². The Morgan fingerprint density at radius 2 is 1.82 bits per heavy atom. The van der Waals surface area contributed by atoms with Crippen molar-refractivity contribution in [3.8, 4) is 0 Å². The molecule has 4 rings (SSSR count). The molecule has 3 aromatic rings. The van der Waals surface area contributed by atoms with E-state index < -0.39 is 5.92 Å². The molecular weight excluding hydrogens is 374 g/mol. The molecule has 1 atom stereocenters. The van der Waals surface area contributed by atoms with Crippen molar-refractivity contribution < 1.29 is 9.59 Å². The van der Waals surface area contributed by atoms with Gasteiger partial charge in [-0.25, -0.2) is 4.90 Å². The number of imide groups is 1. The van der Waals surface area contributed by atoms with E-state index in [-0.39, 0.29) is 11.8 Å². The first-order valence-electron chi connectivity index (χ1n) is 8.77. The molecule has 5 nitrogen and oxygen atoms in total. The number of carbonyl (C=O) groups is 2. The van der Waals surface area contributed by atoms with Crippen molar-refractivity contribution in [2.75, 3.05) is 4.90 Å². The number of rotatable bonds is 4. The second-order valence-electron chi connectivity index (χ2n) is 6.35. The number of anilines is 1. The minimum Gasteiger partial charge on any atom is -0.292 e. The summed E-state index contributed by atoms with van der Waals surface area (Å²) in [6, 6.07) is 17.7. The van der Waals surface area contributed by atoms with Gasteiger partial charge in [-0.15, -0.1) is 0 Å². The molecule has 2 amide bonds. The number of pyridine rings is 1. The summed E-state index contributed by atoms with van der Waals surface area (Å²) in [5.41, 5.74) is 2.43. The van der Waals surface area contributed by atoms with Crippen LogP contribution in [0.4, 0.5) is 5.69 Å². The quantitative estimate of drug-likeness (QED) is 0.494. The number of fused-ring (bicyclic) bond motifs is 1. The Kier molecular flexibility index (Phi) is 5.00. The van der Waals surface area contributed by atoms with Gasteiger partial charge >= 0.3 is 0 Å². The molecule has 2 aromatic carbocycles. The highest BCUT2D eigenvalue weighted by Gasteiger charge is 2.39. The van der Waals surface area contributed by atoms with E-state index in [1.807, 2.05) is 18.2 Å². The zero-order chi connectivity index (χ0) is 19.5. The maximum Gasteiger partial charge on any atom is 0.265 e. The molecule has 0 spiro atoms. The van der Waals surface area contributed by atoms with E-state index in [1.165, 1.54) is 0 Å². The SMILES string of the molecule is O=C1c2ccccc2[C@@H](C=NCc2cccnc2)C(=O)N1c1ccccc1Cl. The Bertz CT molecular complexity index is 1070. The number of carbonyl (C=O) groups excluding carboxylic acids is 2. The van der Waals surface area contributed by atoms with Crippen LogP contribution in [0.5, 0.6) is 0 Å². The predicted octanol–water partition coefficient (Wildman–Crippen LogP) is 4.28. The summed E-state index contributed by atoms with van der Waals surface area (Å²) in [5, 5.41) is 0.342. The fourth-order valence-electron chi connectivity index (χ4n) is 3.22. The summed E-state index contributed by atoms with van der Waals surface area (Å²) in [6.07, 6.45) is 5.03. The number of nitrogens with zero attached hydrogens (tertiary/aromatic N) is 3. The van der Waals surface area contributed by atoms with E-state index in [4.69, 9.17) is 11.6 Å². The molecule has 1 aliphatic heterocycles. The molecule has 0 saturated heterocycles. The van der Waals surface area contributed by atoms with Gasteiger partial charge in [0, 0.05) is 24.2 Å². The zero-order valence-corrected chi connectivity index (χ0v) is 15.6. The van der Waals surface area contributed by atoms with Crippen molar-refractivity contribution in [2.45, 2.75) is 12.5 Å². The third-order valence-corrected chi connectivity index (χ3v) is 4.88. The van der Waals surface area contributed by atoms with Crippen LogP contribution in [0.15, 0.2) is 78.0 Å². The van der Waals surface area contributed by atoms with Crippen LogP contribution in [-0.4, -0.2) is 23.0 Å². The Morgan fingerprint density at radius 1 is 1.04 bits per heavy atom. The molecule has 2 heterocycles. The summed E-state index contributed by atoms with van der Waals surface area (Å²) < 4.78 is 0. The summed E-state index contributed by atoms with van der Waals surface area (Å²) >= 11 is 6.26. The van der Waals surface area contributed by atoms with Crippen molar-refractivity contribution in [1.82, 2.24) is 4.98 Å². The van der Waals surface area contributed by atoms with E-state index in [2.05, 4.69) is 9.98 Å². The third-order valence-electron chi connectivity index (χ3n) is 4.56. The molecule has 138 valence electrons. The monoisotopic (exact) mass is 389 g/mol. The molecule has 0 radical (unpaired) electrons. The maximum absolute atomic E-state index is 13.2. The van der Waals surface area contributed by atoms with E-state index in [0.29, 0.717) is 28.4 Å². The highest BCUT2D eigenvalue weighted by Crippen LogP contribution is 2.35. The molecule has 1 aliphatic rings. The second-order valence-corrected chi connectivity index (χ2v) is 6.75. The smallest absolute Gasteiger partial charge is 0.265 e. The Hall–Kier alpha value is -3.31. The van der Waals surface area contributed by atoms with Gasteiger partial charge in [0.2, 0.25) is 5.91 Å². The van der Waals surface area contributed by atoms with Crippen LogP contribution in [0, 0.1) is 0 Å². The fraction of sp³-hybridized carbons (Fsp3) is 0.0909. The van der Waals surface area contributed by atoms with Gasteiger partial charge in [-0.05, 0) is 35.4 Å². The van der Waals surface area contributed by atoms with E-state index >= 15 is 0 Å². The molecule has 0 fully saturated rings. The molecule has 0 aliphatic carbocycles. The lowest BCUT2D eigenvalue weighted by molar-refractivity contribution is -0.118. The van der Waals surface area contributed by atoms with E-state index in [0.717, 1.165) is 10.5 Å². The summed E-state index contributed by atoms with van der Waals surface area (Å²) in [7, 11) is 0. The molecule has 0 unspecified atom stereocenters. The summed E-state index contributed by atoms with van der Waals surface area (Å²) in [6.45, 7) is 0.403. The zero-order valence-electron chi connectivity index (χ0n) is 14.8. The molecule has 0 saturated carbocycles. The number of benzene rings is 2. The fourth-order valence-corrected chi connectivity index (χ4v) is 3.44. The first-order valence-corrected chi connectivity index (χ1v) is 9.15. The van der Waals surface area contributed by atoms with Crippen LogP contribution in [0.25, 0.3) is 0 Å². The van der Waals surface area contributed by atoms with Gasteiger partial charge in [0.15, 0.2) is 0 Å². The normalized spacial score (nSPS) is 16.5. The van der Waals surface area contributed by atoms with E-state index in [9.17, 15) is 9.59 Å². The lowest BCUT2D eigenvalue weighted by Crippen LogP contribution is -2.45. The highest BCUT2D eigenvalue weighted by molar-refractivity contribution is 6.37. The standard InChI is InChI=1S/C22H16ClN3O2/c23-19-9-3-4-10-20(19)26-21(27)17-8-2-1-7-16(17)18(22(26)28)14-25-13-15-6-5-11-24-12-15/h1-12,14,18H,13H2/t18-/m1/s1. The first-order chi connectivity index (χ1) is 13.7. The number of hydrogen-bond acceptors (Lipinski definition) is 4. The lowest BCUT2D eigenvalue weighted by Gasteiger charge is -2.31. The second kappa shape index (κ2) is 7.74. The molecule has 1 aromatic heterocycles. The average molecular weight is 390 g/mol. The van der Waals surface area contributed by atoms with Crippen LogP contribution in [-0.2, 0) is 11.3 Å². The topological polar surface area (TPSA) is 62.6 Å². The van der Waals surface area contributed by atoms with Crippen molar-refractivity contribution in [3.05, 3.63) is 94.8 Å². The minimum absolute atomic E-state index is 0.342. The minimum atomic E-state index is -0.665. The number of aromatic nitrogens is 1. The Balaban J connectivity index is 1.73. The Morgan fingerprint density at radius 3 is 2.61 bits per heavy atom. The van der Waals surface area contributed by atoms with E-state index in [1.54, 1.807) is 61.1 Å². The summed E-state index contributed by atoms with van der Waals surface area (Å²) in [5.74, 6) is -1.42. The number of aliphatic imine (C=N–C) groups is 1. The van der Waals surface area contributed by atoms with Crippen LogP contribution >= 0.6 is 11.6 Å². The van der Waals surface area contributed by atoms with Gasteiger partial charge in [-0.3, -0.25) is 19.6 Å². The van der Waals surface area contributed by atoms with Gasteiger partial charge in [-0.1, -0.05) is 48.0 Å². The molecule has 0 bridgehead atoms. The van der Waals surface area contributed by atoms with Gasteiger partial charge in [-0.2, -0.15) is 0 Å². The number of para-hydroxylation sites is 1. The van der Waals surface area contributed by atoms with Crippen LogP contribution in [0.3, 0.4) is 0 Å². The number of amides is 2. The third kappa shape index (κ3) is 3.32. The van der Waals surface area contributed by atoms with Gasteiger partial charge in [0.25, 0.3) is 5.91 Å². The van der Waals surface area contributed by atoms with Gasteiger partial charge in [0.1, 0.15) is 0 Å². The Labute approximate surface area is 167 Å². The molecule has 0 N–H and O–H groups in total. The molecule has 6 heteroatoms. The predicted molar refractivity (Wildman–Crippen MR) is 109 cm³/mol. The van der Waals surface area contributed by atoms with Crippen LogP contribution in [0.2, 0.25) is 5.02 Å². The van der Waals surface area contributed by atoms with Crippen LogP contribution < -0.4 is 4.90 Å². The highest BCUT2D eigenvalue weighted by atomic mass is 35.5. The van der Waals surface area contributed by atoms with Gasteiger partial charge in [0.05, 0.1) is 23.2 Å². The molecular formula is C22H16ClN3O2. The average Bonchev–Trinajstić information content (AvgIpc) is 2.73. The van der Waals surface area contributed by atoms with Crippen molar-refractivity contribution in [3.63, 3.8) is 0 Å². The summed E-state index contributed by atoms with van der Waals surface area (Å²) in [4.78, 5) is 35.9.